The second-order valence-electron chi connectivity index (χ2n) is 7.72. The lowest BCUT2D eigenvalue weighted by Gasteiger charge is -2.28. The van der Waals surface area contributed by atoms with Crippen molar-refractivity contribution in [3.8, 4) is 0 Å². The summed E-state index contributed by atoms with van der Waals surface area (Å²) in [5.74, 6) is -5.19. The zero-order valence-electron chi connectivity index (χ0n) is 18.1. The van der Waals surface area contributed by atoms with Gasteiger partial charge in [0.05, 0.1) is 6.04 Å². The van der Waals surface area contributed by atoms with Gasteiger partial charge in [-0.15, -0.1) is 0 Å². The Hall–Kier alpha value is -2.69. The maximum absolute atomic E-state index is 12.8. The van der Waals surface area contributed by atoms with Crippen LogP contribution < -0.4 is 21.7 Å². The second-order valence-corrected chi connectivity index (χ2v) is 7.72. The fourth-order valence-electron chi connectivity index (χ4n) is 2.55. The van der Waals surface area contributed by atoms with Crippen LogP contribution >= 0.6 is 0 Å². The van der Waals surface area contributed by atoms with Gasteiger partial charge in [0.15, 0.2) is 0 Å². The van der Waals surface area contributed by atoms with E-state index in [2.05, 4.69) is 16.0 Å². The molecule has 0 aromatic carbocycles. The minimum Gasteiger partial charge on any atom is -0.481 e. The van der Waals surface area contributed by atoms with Gasteiger partial charge in [0.25, 0.3) is 0 Å². The molecular formula is C19H34N4O7. The first-order valence-electron chi connectivity index (χ1n) is 9.93. The summed E-state index contributed by atoms with van der Waals surface area (Å²) in [6.07, 6.45) is -0.123. The maximum Gasteiger partial charge on any atom is 0.326 e. The molecule has 0 saturated heterocycles. The third-order valence-electron chi connectivity index (χ3n) is 4.72. The molecule has 0 radical (unpaired) electrons. The molecule has 0 aliphatic heterocycles. The van der Waals surface area contributed by atoms with Crippen molar-refractivity contribution in [2.75, 3.05) is 0 Å². The molecule has 11 nitrogen and oxygen atoms in total. The van der Waals surface area contributed by atoms with Crippen LogP contribution in [-0.4, -0.2) is 64.0 Å². The van der Waals surface area contributed by atoms with Crippen molar-refractivity contribution >= 4 is 29.7 Å². The SMILES string of the molecule is CCC(C)C(NC(=O)C(C)N)C(=O)NC(CCC(=O)O)C(=O)NC(C(=O)O)C(C)C. The van der Waals surface area contributed by atoms with Crippen molar-refractivity contribution < 1.29 is 34.2 Å². The number of amides is 3. The lowest BCUT2D eigenvalue weighted by atomic mass is 9.97. The highest BCUT2D eigenvalue weighted by Crippen LogP contribution is 2.10. The maximum atomic E-state index is 12.8. The number of nitrogens with two attached hydrogens (primary N) is 1. The van der Waals surface area contributed by atoms with E-state index in [1.54, 1.807) is 20.8 Å². The molecule has 0 heterocycles. The van der Waals surface area contributed by atoms with Crippen molar-refractivity contribution in [1.29, 1.82) is 0 Å². The van der Waals surface area contributed by atoms with E-state index in [1.165, 1.54) is 6.92 Å². The first-order valence-corrected chi connectivity index (χ1v) is 9.93. The van der Waals surface area contributed by atoms with Gasteiger partial charge in [-0.3, -0.25) is 19.2 Å². The molecule has 0 rings (SSSR count). The Balaban J connectivity index is 5.55. The Labute approximate surface area is 176 Å². The highest BCUT2D eigenvalue weighted by atomic mass is 16.4. The molecule has 5 unspecified atom stereocenters. The van der Waals surface area contributed by atoms with Crippen LogP contribution in [0.25, 0.3) is 0 Å². The third kappa shape index (κ3) is 9.21. The molecule has 0 bridgehead atoms. The average Bonchev–Trinajstić information content (AvgIpc) is 2.65. The van der Waals surface area contributed by atoms with Crippen LogP contribution in [0.4, 0.5) is 0 Å². The molecular weight excluding hydrogens is 396 g/mol. The standard InChI is InChI=1S/C19H34N4O7/c1-6-10(4)15(23-16(26)11(5)20)18(28)21-12(7-8-13(24)25)17(27)22-14(9(2)3)19(29)30/h9-12,14-15H,6-8,20H2,1-5H3,(H,21,28)(H,22,27)(H,23,26)(H,24,25)(H,29,30). The van der Waals surface area contributed by atoms with Gasteiger partial charge in [0.1, 0.15) is 18.1 Å². The van der Waals surface area contributed by atoms with Gasteiger partial charge < -0.3 is 31.9 Å². The quantitative estimate of drug-likeness (QED) is 0.224. The summed E-state index contributed by atoms with van der Waals surface area (Å²) >= 11 is 0. The van der Waals surface area contributed by atoms with Crippen molar-refractivity contribution in [3.05, 3.63) is 0 Å². The number of hydrogen-bond acceptors (Lipinski definition) is 6. The normalized spacial score (nSPS) is 16.0. The van der Waals surface area contributed by atoms with Crippen LogP contribution in [0.5, 0.6) is 0 Å². The lowest BCUT2D eigenvalue weighted by molar-refractivity contribution is -0.144. The fourth-order valence-corrected chi connectivity index (χ4v) is 2.55. The van der Waals surface area contributed by atoms with Crippen LogP contribution in [0.3, 0.4) is 0 Å². The number of nitrogens with one attached hydrogen (secondary N) is 3. The highest BCUT2D eigenvalue weighted by Gasteiger charge is 2.32. The van der Waals surface area contributed by atoms with Gasteiger partial charge in [-0.05, 0) is 25.2 Å². The first kappa shape index (κ1) is 27.3. The number of rotatable bonds is 13. The molecule has 0 saturated carbocycles. The van der Waals surface area contributed by atoms with Gasteiger partial charge in [-0.1, -0.05) is 34.1 Å². The van der Waals surface area contributed by atoms with Gasteiger partial charge in [0, 0.05) is 6.42 Å². The Morgan fingerprint density at radius 3 is 1.77 bits per heavy atom. The number of carbonyl (C=O) groups excluding carboxylic acids is 3. The molecule has 0 spiro atoms. The Morgan fingerprint density at radius 2 is 1.37 bits per heavy atom. The second kappa shape index (κ2) is 12.8. The molecule has 172 valence electrons. The van der Waals surface area contributed by atoms with Gasteiger partial charge in [0.2, 0.25) is 17.7 Å². The van der Waals surface area contributed by atoms with E-state index in [0.29, 0.717) is 6.42 Å². The molecule has 0 aliphatic carbocycles. The topological polar surface area (TPSA) is 188 Å². The molecule has 11 heteroatoms. The zero-order chi connectivity index (χ0) is 23.6. The van der Waals surface area contributed by atoms with E-state index < -0.39 is 66.2 Å². The summed E-state index contributed by atoms with van der Waals surface area (Å²) in [6.45, 7) is 8.22. The summed E-state index contributed by atoms with van der Waals surface area (Å²) < 4.78 is 0. The predicted molar refractivity (Wildman–Crippen MR) is 108 cm³/mol. The Bertz CT molecular complexity index is 636. The molecule has 5 atom stereocenters. The van der Waals surface area contributed by atoms with Crippen LogP contribution in [0.2, 0.25) is 0 Å². The number of hydrogen-bond donors (Lipinski definition) is 6. The summed E-state index contributed by atoms with van der Waals surface area (Å²) in [5.41, 5.74) is 5.54. The van der Waals surface area contributed by atoms with Crippen LogP contribution in [0.15, 0.2) is 0 Å². The molecule has 0 fully saturated rings. The van der Waals surface area contributed by atoms with Crippen molar-refractivity contribution in [2.45, 2.75) is 78.0 Å². The number of carboxylic acids is 2. The van der Waals surface area contributed by atoms with Crippen LogP contribution in [0, 0.1) is 11.8 Å². The first-order chi connectivity index (χ1) is 13.8. The van der Waals surface area contributed by atoms with Crippen molar-refractivity contribution in [3.63, 3.8) is 0 Å². The smallest absolute Gasteiger partial charge is 0.326 e. The summed E-state index contributed by atoms with van der Waals surface area (Å²) in [6, 6.07) is -4.33. The minimum absolute atomic E-state index is 0.244. The monoisotopic (exact) mass is 430 g/mol. The Kier molecular flexibility index (Phi) is 11.6. The van der Waals surface area contributed by atoms with E-state index in [9.17, 15) is 29.1 Å². The molecule has 30 heavy (non-hydrogen) atoms. The number of carbonyl (C=O) groups is 5. The molecule has 7 N–H and O–H groups in total. The van der Waals surface area contributed by atoms with Crippen LogP contribution in [-0.2, 0) is 24.0 Å². The lowest BCUT2D eigenvalue weighted by Crippen LogP contribution is -2.58. The molecule has 3 amide bonds. The summed E-state index contributed by atoms with van der Waals surface area (Å²) in [4.78, 5) is 59.7. The average molecular weight is 431 g/mol. The fraction of sp³-hybridized carbons (Fsp3) is 0.737. The van der Waals surface area contributed by atoms with E-state index in [-0.39, 0.29) is 12.3 Å². The molecule has 0 aromatic rings. The van der Waals surface area contributed by atoms with E-state index in [4.69, 9.17) is 10.8 Å². The van der Waals surface area contributed by atoms with Crippen molar-refractivity contribution in [1.82, 2.24) is 16.0 Å². The van der Waals surface area contributed by atoms with E-state index >= 15 is 0 Å². The largest absolute Gasteiger partial charge is 0.481 e. The number of aliphatic carboxylic acids is 2. The van der Waals surface area contributed by atoms with Crippen LogP contribution in [0.1, 0.15) is 53.9 Å². The minimum atomic E-state index is -1.28. The van der Waals surface area contributed by atoms with E-state index in [0.717, 1.165) is 0 Å². The Morgan fingerprint density at radius 1 is 0.833 bits per heavy atom. The van der Waals surface area contributed by atoms with Gasteiger partial charge in [-0.25, -0.2) is 4.79 Å². The van der Waals surface area contributed by atoms with Gasteiger partial charge >= 0.3 is 11.9 Å². The predicted octanol–water partition coefficient (Wildman–Crippen LogP) is -0.560. The number of carboxylic acid groups (broad SMARTS) is 2. The summed E-state index contributed by atoms with van der Waals surface area (Å²) in [7, 11) is 0. The van der Waals surface area contributed by atoms with E-state index in [1.807, 2.05) is 6.92 Å². The highest BCUT2D eigenvalue weighted by molar-refractivity contribution is 5.94. The van der Waals surface area contributed by atoms with Crippen molar-refractivity contribution in [2.24, 2.45) is 17.6 Å². The molecule has 0 aromatic heterocycles. The molecule has 0 aliphatic rings. The zero-order valence-corrected chi connectivity index (χ0v) is 18.1. The summed E-state index contributed by atoms with van der Waals surface area (Å²) in [5, 5.41) is 25.5. The third-order valence-corrected chi connectivity index (χ3v) is 4.72. The van der Waals surface area contributed by atoms with Gasteiger partial charge in [-0.2, -0.15) is 0 Å².